The molecule has 0 amide bonds. The van der Waals surface area contributed by atoms with E-state index in [-0.39, 0.29) is 25.6 Å². The molecule has 0 radical (unpaired) electrons. The van der Waals surface area contributed by atoms with Crippen molar-refractivity contribution >= 4 is 11.9 Å². The van der Waals surface area contributed by atoms with E-state index < -0.39 is 12.1 Å². The number of aliphatic hydroxyl groups excluding tert-OH is 1. The fourth-order valence-electron chi connectivity index (χ4n) is 6.62. The summed E-state index contributed by atoms with van der Waals surface area (Å²) in [4.78, 5) is 24.3. The molecule has 0 spiro atoms. The van der Waals surface area contributed by atoms with Crippen molar-refractivity contribution in [2.75, 3.05) is 13.2 Å². The molecule has 0 aliphatic rings. The van der Waals surface area contributed by atoms with Gasteiger partial charge in [-0.2, -0.15) is 0 Å². The summed E-state index contributed by atoms with van der Waals surface area (Å²) in [6.07, 6.45) is 89.1. The summed E-state index contributed by atoms with van der Waals surface area (Å²) >= 11 is 0. The molecule has 0 aliphatic carbocycles. The maximum absolute atomic E-state index is 12.3. The summed E-state index contributed by atoms with van der Waals surface area (Å²) in [5.41, 5.74) is 0. The Morgan fingerprint density at radius 1 is 0.353 bits per heavy atom. The number of esters is 2. The number of ether oxygens (including phenoxy) is 2. The number of carbonyl (C=O) groups excluding carboxylic acids is 2. The van der Waals surface area contributed by atoms with Crippen LogP contribution in [0, 0.1) is 0 Å². The van der Waals surface area contributed by atoms with Crippen LogP contribution in [0.25, 0.3) is 0 Å². The number of aliphatic hydroxyl groups is 1. The Bertz CT molecular complexity index is 1570. The van der Waals surface area contributed by atoms with Crippen LogP contribution in [0.1, 0.15) is 194 Å². The van der Waals surface area contributed by atoms with Crippen molar-refractivity contribution in [1.82, 2.24) is 0 Å². The lowest BCUT2D eigenvalue weighted by Crippen LogP contribution is -2.28. The highest BCUT2D eigenvalue weighted by molar-refractivity contribution is 5.71. The van der Waals surface area contributed by atoms with Crippen LogP contribution in [0.4, 0.5) is 0 Å². The zero-order chi connectivity index (χ0) is 49.2. The van der Waals surface area contributed by atoms with Crippen molar-refractivity contribution < 1.29 is 24.2 Å². The van der Waals surface area contributed by atoms with E-state index in [1.54, 1.807) is 6.08 Å². The normalized spacial score (nSPS) is 13.6. The monoisotopic (exact) mass is 933 g/mol. The molecule has 5 nitrogen and oxygen atoms in total. The Kier molecular flexibility index (Phi) is 52.6. The molecule has 1 N–H and O–H groups in total. The first-order chi connectivity index (χ1) is 33.6. The Hall–Kier alpha value is -4.74. The van der Waals surface area contributed by atoms with Gasteiger partial charge in [-0.15, -0.1) is 0 Å². The van der Waals surface area contributed by atoms with Crippen LogP contribution >= 0.6 is 0 Å². The lowest BCUT2D eigenvalue weighted by atomic mass is 10.0. The maximum Gasteiger partial charge on any atom is 0.309 e. The lowest BCUT2D eigenvalue weighted by molar-refractivity contribution is -0.161. The van der Waals surface area contributed by atoms with Crippen molar-refractivity contribution in [3.8, 4) is 0 Å². The average Bonchev–Trinajstić information content (AvgIpc) is 3.34. The predicted octanol–water partition coefficient (Wildman–Crippen LogP) is 18.2. The predicted molar refractivity (Wildman–Crippen MR) is 297 cm³/mol. The van der Waals surface area contributed by atoms with E-state index in [2.05, 4.69) is 172 Å². The molecule has 5 heteroatoms. The van der Waals surface area contributed by atoms with Crippen molar-refractivity contribution in [2.45, 2.75) is 200 Å². The van der Waals surface area contributed by atoms with E-state index in [9.17, 15) is 14.7 Å². The van der Waals surface area contributed by atoms with Crippen LogP contribution in [0.5, 0.6) is 0 Å². The van der Waals surface area contributed by atoms with Gasteiger partial charge in [0.2, 0.25) is 0 Å². The Morgan fingerprint density at radius 2 is 0.632 bits per heavy atom. The molecule has 0 aliphatic heterocycles. The van der Waals surface area contributed by atoms with E-state index in [1.807, 2.05) is 6.08 Å². The fraction of sp³-hybridized carbons (Fsp3) is 0.524. The van der Waals surface area contributed by atoms with Gasteiger partial charge in [-0.1, -0.05) is 242 Å². The van der Waals surface area contributed by atoms with Crippen LogP contribution in [0.3, 0.4) is 0 Å². The van der Waals surface area contributed by atoms with Crippen LogP contribution < -0.4 is 0 Å². The van der Waals surface area contributed by atoms with Crippen LogP contribution in [0.15, 0.2) is 170 Å². The second kappa shape index (κ2) is 56.6. The van der Waals surface area contributed by atoms with E-state index in [4.69, 9.17) is 9.47 Å². The smallest absolute Gasteiger partial charge is 0.309 e. The molecule has 378 valence electrons. The van der Waals surface area contributed by atoms with E-state index in [1.165, 1.54) is 57.8 Å². The van der Waals surface area contributed by atoms with Gasteiger partial charge in [0.25, 0.3) is 0 Å². The number of carbonyl (C=O) groups is 2. The molecular formula is C63H96O5. The van der Waals surface area contributed by atoms with Gasteiger partial charge in [-0.25, -0.2) is 0 Å². The summed E-state index contributed by atoms with van der Waals surface area (Å²) in [5, 5.41) is 9.60. The number of hydrogen-bond donors (Lipinski definition) is 1. The Balaban J connectivity index is 3.64. The minimum absolute atomic E-state index is 0.132. The molecule has 1 atom stereocenters. The van der Waals surface area contributed by atoms with Crippen LogP contribution in [0.2, 0.25) is 0 Å². The van der Waals surface area contributed by atoms with Crippen LogP contribution in [-0.4, -0.2) is 36.4 Å². The molecule has 0 saturated carbocycles. The third-order valence-corrected chi connectivity index (χ3v) is 10.5. The molecule has 0 aromatic carbocycles. The summed E-state index contributed by atoms with van der Waals surface area (Å²) < 4.78 is 10.6. The van der Waals surface area contributed by atoms with E-state index in [0.29, 0.717) is 6.42 Å². The number of hydrogen-bond acceptors (Lipinski definition) is 5. The maximum atomic E-state index is 12.3. The Labute approximate surface area is 417 Å². The zero-order valence-electron chi connectivity index (χ0n) is 43.0. The molecule has 1 unspecified atom stereocenters. The molecule has 0 bridgehead atoms. The van der Waals surface area contributed by atoms with Crippen molar-refractivity contribution in [2.24, 2.45) is 0 Å². The lowest BCUT2D eigenvalue weighted by Gasteiger charge is -2.15. The second-order valence-corrected chi connectivity index (χ2v) is 16.9. The highest BCUT2D eigenvalue weighted by Gasteiger charge is 2.15. The SMILES string of the molecule is CC/C=C\C/C=C\C/C=C\C/C=C\C/C=C\C/C=C\C/C=C\C/C=C\C/C=C\CCCCCCCCCCCCCC(=O)OC(CO)COC(=O)C/C=C\C/C=C\C/C=C\C/C=C\C/C=C\CC. The minimum atomic E-state index is -0.826. The topological polar surface area (TPSA) is 72.8 Å². The molecule has 0 saturated heterocycles. The number of rotatable bonds is 46. The molecule has 0 aromatic rings. The number of unbranched alkanes of at least 4 members (excludes halogenated alkanes) is 11. The van der Waals surface area contributed by atoms with Crippen molar-refractivity contribution in [3.63, 3.8) is 0 Å². The summed E-state index contributed by atoms with van der Waals surface area (Å²) in [6, 6.07) is 0. The first-order valence-electron chi connectivity index (χ1n) is 26.7. The highest BCUT2D eigenvalue weighted by Crippen LogP contribution is 2.13. The molecule has 0 heterocycles. The first-order valence-corrected chi connectivity index (χ1v) is 26.7. The van der Waals surface area contributed by atoms with Gasteiger partial charge >= 0.3 is 11.9 Å². The quantitative estimate of drug-likeness (QED) is 0.0374. The third kappa shape index (κ3) is 53.9. The van der Waals surface area contributed by atoms with Gasteiger partial charge in [0.05, 0.1) is 13.0 Å². The highest BCUT2D eigenvalue weighted by atomic mass is 16.6. The third-order valence-electron chi connectivity index (χ3n) is 10.5. The van der Waals surface area contributed by atoms with Gasteiger partial charge < -0.3 is 14.6 Å². The van der Waals surface area contributed by atoms with Crippen molar-refractivity contribution in [3.05, 3.63) is 170 Å². The summed E-state index contributed by atoms with van der Waals surface area (Å²) in [6.45, 7) is 3.80. The Morgan fingerprint density at radius 3 is 0.956 bits per heavy atom. The largest absolute Gasteiger partial charge is 0.461 e. The molecule has 68 heavy (non-hydrogen) atoms. The van der Waals surface area contributed by atoms with Gasteiger partial charge in [-0.3, -0.25) is 9.59 Å². The van der Waals surface area contributed by atoms with Gasteiger partial charge in [0.1, 0.15) is 6.61 Å². The molecule has 0 rings (SSSR count). The van der Waals surface area contributed by atoms with Gasteiger partial charge in [0, 0.05) is 6.42 Å². The van der Waals surface area contributed by atoms with Crippen molar-refractivity contribution in [1.29, 1.82) is 0 Å². The zero-order valence-corrected chi connectivity index (χ0v) is 43.0. The summed E-state index contributed by atoms with van der Waals surface area (Å²) in [5.74, 6) is -0.755. The van der Waals surface area contributed by atoms with Crippen LogP contribution in [-0.2, 0) is 19.1 Å². The standard InChI is InChI=1S/C63H96O5/c1-3-5-7-9-11-13-15-17-19-20-21-22-23-24-25-26-27-28-29-30-31-32-33-34-35-36-37-38-39-40-41-42-44-46-48-50-52-54-56-58-63(66)68-61(59-64)60-67-62(65)57-55-53-51-49-47-45-43-18-16-14-12-10-8-6-4-2/h5-8,11-14,17-19,21-22,24-25,27-28,30-31,33-34,36-37,43,47,49,53,55,61,64H,3-4,9-10,15-16,20,23,26,29,32,35,38-42,44-46,48,50-52,54,56-60H2,1-2H3/b7-5-,8-6-,13-11-,14-12-,19-17-,22-21-,25-24-,28-27-,31-30-,34-33-,37-36-,43-18-,49-47-,55-53-. The minimum Gasteiger partial charge on any atom is -0.461 e. The molecule has 0 fully saturated rings. The van der Waals surface area contributed by atoms with Gasteiger partial charge in [-0.05, 0) is 109 Å². The van der Waals surface area contributed by atoms with E-state index >= 15 is 0 Å². The summed E-state index contributed by atoms with van der Waals surface area (Å²) in [7, 11) is 0. The fourth-order valence-corrected chi connectivity index (χ4v) is 6.62. The van der Waals surface area contributed by atoms with E-state index in [0.717, 1.165) is 109 Å². The first kappa shape index (κ1) is 63.3. The average molecular weight is 933 g/mol. The van der Waals surface area contributed by atoms with Gasteiger partial charge in [0.15, 0.2) is 6.10 Å². The molecule has 0 aromatic heterocycles. The number of allylic oxidation sites excluding steroid dienone is 27. The molecular weight excluding hydrogens is 837 g/mol. The second-order valence-electron chi connectivity index (χ2n) is 16.9.